The molecule has 1 aliphatic heterocycles. The smallest absolute Gasteiger partial charge is 0.222 e. The van der Waals surface area contributed by atoms with Crippen molar-refractivity contribution in [2.24, 2.45) is 4.99 Å². The number of benzene rings is 2. The lowest BCUT2D eigenvalue weighted by Gasteiger charge is -2.32. The summed E-state index contributed by atoms with van der Waals surface area (Å²) in [6.07, 6.45) is 0. The van der Waals surface area contributed by atoms with Gasteiger partial charge in [0.05, 0.1) is 5.69 Å². The fraction of sp³-hybridized carbons (Fsp3) is 0.188. The number of para-hydroxylation sites is 1. The molecule has 0 radical (unpaired) electrons. The Hall–Kier alpha value is -1.80. The van der Waals surface area contributed by atoms with Gasteiger partial charge in [0.15, 0.2) is 0 Å². The second kappa shape index (κ2) is 4.39. The van der Waals surface area contributed by atoms with Gasteiger partial charge >= 0.3 is 0 Å². The molecule has 96 valence electrons. The SMILES string of the molecule is CC1(C)OC(c2ccc(Cl)cc2)=Nc2ccccc21. The molecular weight excluding hydrogens is 258 g/mol. The minimum atomic E-state index is -0.382. The Kier molecular flexibility index (Phi) is 2.83. The maximum absolute atomic E-state index is 6.03. The van der Waals surface area contributed by atoms with E-state index in [0.717, 1.165) is 16.8 Å². The summed E-state index contributed by atoms with van der Waals surface area (Å²) < 4.78 is 6.03. The summed E-state index contributed by atoms with van der Waals surface area (Å²) in [7, 11) is 0. The number of rotatable bonds is 1. The summed E-state index contributed by atoms with van der Waals surface area (Å²) in [5.41, 5.74) is 2.62. The van der Waals surface area contributed by atoms with Gasteiger partial charge in [0.25, 0.3) is 0 Å². The predicted molar refractivity (Wildman–Crippen MR) is 78.2 cm³/mol. The molecule has 0 unspecified atom stereocenters. The van der Waals surface area contributed by atoms with Crippen molar-refractivity contribution in [3.8, 4) is 0 Å². The van der Waals surface area contributed by atoms with Crippen LogP contribution in [0.5, 0.6) is 0 Å². The second-order valence-corrected chi connectivity index (χ2v) is 5.49. The number of fused-ring (bicyclic) bond motifs is 1. The van der Waals surface area contributed by atoms with Gasteiger partial charge in [-0.1, -0.05) is 29.8 Å². The molecule has 0 fully saturated rings. The third kappa shape index (κ3) is 2.24. The molecule has 0 aliphatic carbocycles. The van der Waals surface area contributed by atoms with Crippen molar-refractivity contribution in [2.75, 3.05) is 0 Å². The van der Waals surface area contributed by atoms with Crippen molar-refractivity contribution in [3.63, 3.8) is 0 Å². The van der Waals surface area contributed by atoms with Crippen LogP contribution in [0.4, 0.5) is 5.69 Å². The van der Waals surface area contributed by atoms with Crippen molar-refractivity contribution < 1.29 is 4.74 Å². The molecule has 0 bridgehead atoms. The topological polar surface area (TPSA) is 21.6 Å². The third-order valence-electron chi connectivity index (χ3n) is 3.22. The standard InChI is InChI=1S/C16H14ClNO/c1-16(2)13-5-3-4-6-14(13)18-15(19-16)11-7-9-12(17)10-8-11/h3-10H,1-2H3. The number of hydrogen-bond acceptors (Lipinski definition) is 2. The van der Waals surface area contributed by atoms with E-state index in [9.17, 15) is 0 Å². The number of ether oxygens (including phenoxy) is 1. The van der Waals surface area contributed by atoms with Crippen LogP contribution in [0, 0.1) is 0 Å². The van der Waals surface area contributed by atoms with Gasteiger partial charge < -0.3 is 4.74 Å². The van der Waals surface area contributed by atoms with Crippen molar-refractivity contribution in [1.82, 2.24) is 0 Å². The lowest BCUT2D eigenvalue weighted by Crippen LogP contribution is -2.29. The Morgan fingerprint density at radius 2 is 1.68 bits per heavy atom. The van der Waals surface area contributed by atoms with E-state index in [2.05, 4.69) is 24.9 Å². The van der Waals surface area contributed by atoms with Gasteiger partial charge in [0.1, 0.15) is 5.60 Å². The zero-order valence-electron chi connectivity index (χ0n) is 10.9. The highest BCUT2D eigenvalue weighted by atomic mass is 35.5. The van der Waals surface area contributed by atoms with E-state index in [1.807, 2.05) is 42.5 Å². The summed E-state index contributed by atoms with van der Waals surface area (Å²) in [4.78, 5) is 4.59. The molecule has 0 saturated carbocycles. The molecule has 3 heteroatoms. The van der Waals surface area contributed by atoms with E-state index in [0.29, 0.717) is 10.9 Å². The van der Waals surface area contributed by atoms with E-state index < -0.39 is 0 Å². The molecule has 3 rings (SSSR count). The van der Waals surface area contributed by atoms with Crippen LogP contribution < -0.4 is 0 Å². The quantitative estimate of drug-likeness (QED) is 0.738. The van der Waals surface area contributed by atoms with Gasteiger partial charge in [-0.15, -0.1) is 0 Å². The van der Waals surface area contributed by atoms with Crippen LogP contribution in [0.3, 0.4) is 0 Å². The molecule has 1 aliphatic rings. The Morgan fingerprint density at radius 1 is 1.00 bits per heavy atom. The first-order valence-corrected chi connectivity index (χ1v) is 6.57. The van der Waals surface area contributed by atoms with E-state index >= 15 is 0 Å². The molecule has 0 saturated heterocycles. The van der Waals surface area contributed by atoms with E-state index in [-0.39, 0.29) is 5.60 Å². The van der Waals surface area contributed by atoms with Crippen molar-refractivity contribution in [2.45, 2.75) is 19.4 Å². The Morgan fingerprint density at radius 3 is 2.42 bits per heavy atom. The van der Waals surface area contributed by atoms with Crippen LogP contribution in [-0.4, -0.2) is 5.90 Å². The molecule has 0 spiro atoms. The predicted octanol–water partition coefficient (Wildman–Crippen LogP) is 4.68. The average molecular weight is 272 g/mol. The molecule has 0 amide bonds. The first-order valence-electron chi connectivity index (χ1n) is 6.19. The van der Waals surface area contributed by atoms with Crippen molar-refractivity contribution in [3.05, 3.63) is 64.7 Å². The van der Waals surface area contributed by atoms with Gasteiger partial charge in [0.2, 0.25) is 5.90 Å². The second-order valence-electron chi connectivity index (χ2n) is 5.05. The van der Waals surface area contributed by atoms with Crippen LogP contribution in [0.2, 0.25) is 5.02 Å². The minimum absolute atomic E-state index is 0.382. The summed E-state index contributed by atoms with van der Waals surface area (Å²) >= 11 is 5.91. The van der Waals surface area contributed by atoms with E-state index in [1.54, 1.807) is 0 Å². The highest BCUT2D eigenvalue weighted by molar-refractivity contribution is 6.30. The number of hydrogen-bond donors (Lipinski definition) is 0. The maximum Gasteiger partial charge on any atom is 0.222 e. The minimum Gasteiger partial charge on any atom is -0.466 e. The fourth-order valence-corrected chi connectivity index (χ4v) is 2.35. The lowest BCUT2D eigenvalue weighted by atomic mass is 9.95. The van der Waals surface area contributed by atoms with Crippen LogP contribution in [0.25, 0.3) is 0 Å². The van der Waals surface area contributed by atoms with Crippen molar-refractivity contribution in [1.29, 1.82) is 0 Å². The Balaban J connectivity index is 2.10. The van der Waals surface area contributed by atoms with Crippen LogP contribution in [0.1, 0.15) is 25.0 Å². The zero-order chi connectivity index (χ0) is 13.5. The largest absolute Gasteiger partial charge is 0.466 e. The van der Waals surface area contributed by atoms with Crippen LogP contribution in [-0.2, 0) is 10.3 Å². The average Bonchev–Trinajstić information content (AvgIpc) is 2.39. The van der Waals surface area contributed by atoms with Crippen LogP contribution in [0.15, 0.2) is 53.5 Å². The highest BCUT2D eigenvalue weighted by Crippen LogP contribution is 2.38. The van der Waals surface area contributed by atoms with E-state index in [4.69, 9.17) is 16.3 Å². The summed E-state index contributed by atoms with van der Waals surface area (Å²) in [6, 6.07) is 15.6. The Bertz CT molecular complexity index is 644. The molecule has 0 N–H and O–H groups in total. The molecule has 2 aromatic carbocycles. The lowest BCUT2D eigenvalue weighted by molar-refractivity contribution is 0.0914. The molecule has 1 heterocycles. The van der Waals surface area contributed by atoms with Gasteiger partial charge in [-0.2, -0.15) is 0 Å². The molecule has 19 heavy (non-hydrogen) atoms. The summed E-state index contributed by atoms with van der Waals surface area (Å²) in [6.45, 7) is 4.10. The van der Waals surface area contributed by atoms with Gasteiger partial charge in [0, 0.05) is 16.1 Å². The molecule has 0 atom stereocenters. The van der Waals surface area contributed by atoms with Gasteiger partial charge in [-0.3, -0.25) is 0 Å². The van der Waals surface area contributed by atoms with E-state index in [1.165, 1.54) is 0 Å². The highest BCUT2D eigenvalue weighted by Gasteiger charge is 2.31. The molecule has 2 aromatic rings. The summed E-state index contributed by atoms with van der Waals surface area (Å²) in [5.74, 6) is 0.639. The number of aliphatic imine (C=N–C) groups is 1. The third-order valence-corrected chi connectivity index (χ3v) is 3.47. The zero-order valence-corrected chi connectivity index (χ0v) is 11.6. The normalized spacial score (nSPS) is 16.3. The summed E-state index contributed by atoms with van der Waals surface area (Å²) in [5, 5.41) is 0.708. The number of nitrogens with zero attached hydrogens (tertiary/aromatic N) is 1. The maximum atomic E-state index is 6.03. The molecule has 0 aromatic heterocycles. The fourth-order valence-electron chi connectivity index (χ4n) is 2.23. The monoisotopic (exact) mass is 271 g/mol. The van der Waals surface area contributed by atoms with Crippen molar-refractivity contribution >= 4 is 23.2 Å². The first-order chi connectivity index (χ1) is 9.06. The molecule has 2 nitrogen and oxygen atoms in total. The molecular formula is C16H14ClNO. The Labute approximate surface area is 117 Å². The van der Waals surface area contributed by atoms with Crippen LogP contribution >= 0.6 is 11.6 Å². The van der Waals surface area contributed by atoms with Gasteiger partial charge in [-0.05, 0) is 44.2 Å². The first kappa shape index (κ1) is 12.2. The van der Waals surface area contributed by atoms with Gasteiger partial charge in [-0.25, -0.2) is 4.99 Å². The number of halogens is 1.